The first-order chi connectivity index (χ1) is 27.2. The first-order valence-corrected chi connectivity index (χ1v) is 18.4. The van der Waals surface area contributed by atoms with Crippen LogP contribution < -0.4 is 21.3 Å². The van der Waals surface area contributed by atoms with Gasteiger partial charge < -0.3 is 40.5 Å². The summed E-state index contributed by atoms with van der Waals surface area (Å²) in [5, 5.41) is 11.1. The molecule has 2 aliphatic heterocycles. The Morgan fingerprint density at radius 1 is 0.536 bits per heavy atom. The van der Waals surface area contributed by atoms with E-state index in [0.717, 1.165) is 11.1 Å². The first-order valence-electron chi connectivity index (χ1n) is 18.4. The van der Waals surface area contributed by atoms with Gasteiger partial charge in [0.2, 0.25) is 11.8 Å². The summed E-state index contributed by atoms with van der Waals surface area (Å²) in [6.45, 7) is 0.748. The zero-order chi connectivity index (χ0) is 39.6. The van der Waals surface area contributed by atoms with Crippen molar-refractivity contribution >= 4 is 47.2 Å². The number of benzene rings is 4. The predicted octanol–water partition coefficient (Wildman–Crippen LogP) is 5.41. The normalized spacial score (nSPS) is 17.2. The van der Waals surface area contributed by atoms with Crippen LogP contribution in [0.5, 0.6) is 0 Å². The molecule has 2 heterocycles. The summed E-state index contributed by atoms with van der Waals surface area (Å²) < 4.78 is 9.50. The van der Waals surface area contributed by atoms with E-state index in [9.17, 15) is 28.8 Å². The van der Waals surface area contributed by atoms with Crippen molar-refractivity contribution in [3.63, 3.8) is 0 Å². The topological polar surface area (TPSA) is 175 Å². The smallest absolute Gasteiger partial charge is 0.407 e. The van der Waals surface area contributed by atoms with Crippen LogP contribution in [0.3, 0.4) is 0 Å². The van der Waals surface area contributed by atoms with Crippen molar-refractivity contribution < 1.29 is 38.2 Å². The molecule has 4 aromatic carbocycles. The summed E-state index contributed by atoms with van der Waals surface area (Å²) in [6, 6.07) is 28.7. The van der Waals surface area contributed by atoms with Gasteiger partial charge in [-0.25, -0.2) is 9.59 Å². The standard InChI is InChI=1S/C42H44N6O8/c1-55-41(53)45-35(29-11-5-3-6-12-29)39(51)47-25-9-15-33(47)37(49)43-31-21-17-27(18-22-31)28-19-23-32(24-20-28)44-38(50)34-16-10-26-48(34)40(52)36(46-42(54)56-2)30-13-7-4-8-14-30/h3-8,11-14,17-24,33-36H,9-10,15-16,25-26H2,1-2H3,(H,43,49)(H,44,50)(H,45,53)(H,46,54). The number of carbonyl (C=O) groups is 6. The molecule has 4 atom stereocenters. The summed E-state index contributed by atoms with van der Waals surface area (Å²) in [4.78, 5) is 81.5. The lowest BCUT2D eigenvalue weighted by Crippen LogP contribution is -2.48. The third-order valence-electron chi connectivity index (χ3n) is 9.97. The molecule has 2 aliphatic rings. The minimum Gasteiger partial charge on any atom is -0.453 e. The van der Waals surface area contributed by atoms with Gasteiger partial charge in [-0.3, -0.25) is 19.2 Å². The Morgan fingerprint density at radius 3 is 1.23 bits per heavy atom. The van der Waals surface area contributed by atoms with Gasteiger partial charge in [-0.05, 0) is 72.2 Å². The molecule has 0 radical (unpaired) electrons. The summed E-state index contributed by atoms with van der Waals surface area (Å²) in [5.41, 5.74) is 4.01. The zero-order valence-corrected chi connectivity index (χ0v) is 31.1. The summed E-state index contributed by atoms with van der Waals surface area (Å²) in [7, 11) is 2.45. The second-order valence-corrected chi connectivity index (χ2v) is 13.5. The molecule has 4 aromatic rings. The minimum absolute atomic E-state index is 0.327. The Morgan fingerprint density at radius 2 is 0.893 bits per heavy atom. The van der Waals surface area contributed by atoms with Gasteiger partial charge in [0.05, 0.1) is 14.2 Å². The number of amides is 6. The number of ether oxygens (including phenoxy) is 2. The number of carbonyl (C=O) groups excluding carboxylic acids is 6. The van der Waals surface area contributed by atoms with Gasteiger partial charge in [0, 0.05) is 24.5 Å². The third-order valence-corrected chi connectivity index (χ3v) is 9.97. The molecule has 0 bridgehead atoms. The molecule has 290 valence electrons. The van der Waals surface area contributed by atoms with Crippen LogP contribution >= 0.6 is 0 Å². The predicted molar refractivity (Wildman–Crippen MR) is 208 cm³/mol. The lowest BCUT2D eigenvalue weighted by atomic mass is 10.0. The van der Waals surface area contributed by atoms with Gasteiger partial charge in [0.1, 0.15) is 24.2 Å². The second-order valence-electron chi connectivity index (χ2n) is 13.5. The van der Waals surface area contributed by atoms with Crippen LogP contribution in [0.2, 0.25) is 0 Å². The number of hydrogen-bond donors (Lipinski definition) is 4. The number of methoxy groups -OCH3 is 2. The SMILES string of the molecule is COC(=O)NC(C(=O)N1CCCC1C(=O)Nc1ccc(-c2ccc(NC(=O)C3CCCN3C(=O)C(NC(=O)OC)c3ccccc3)cc2)cc1)c1ccccc1. The van der Waals surface area contributed by atoms with Crippen molar-refractivity contribution in [2.45, 2.75) is 49.9 Å². The highest BCUT2D eigenvalue weighted by Crippen LogP contribution is 2.28. The maximum Gasteiger partial charge on any atom is 0.407 e. The fourth-order valence-corrected chi connectivity index (χ4v) is 7.10. The quantitative estimate of drug-likeness (QED) is 0.157. The number of nitrogens with zero attached hydrogens (tertiary/aromatic N) is 2. The molecule has 6 amide bonds. The maximum atomic E-state index is 13.7. The molecular formula is C42H44N6O8. The van der Waals surface area contributed by atoms with Crippen LogP contribution in [-0.2, 0) is 28.7 Å². The van der Waals surface area contributed by atoms with Crippen molar-refractivity contribution in [1.82, 2.24) is 20.4 Å². The molecule has 14 nitrogen and oxygen atoms in total. The molecule has 2 fully saturated rings. The number of likely N-dealkylation sites (tertiary alicyclic amines) is 2. The first kappa shape index (κ1) is 39.0. The van der Waals surface area contributed by atoms with Gasteiger partial charge in [-0.2, -0.15) is 0 Å². The largest absolute Gasteiger partial charge is 0.453 e. The Hall–Kier alpha value is -6.70. The van der Waals surface area contributed by atoms with Gasteiger partial charge >= 0.3 is 12.2 Å². The van der Waals surface area contributed by atoms with Crippen LogP contribution in [0.1, 0.15) is 48.9 Å². The lowest BCUT2D eigenvalue weighted by molar-refractivity contribution is -0.138. The fraction of sp³-hybridized carbons (Fsp3) is 0.286. The highest BCUT2D eigenvalue weighted by Gasteiger charge is 2.40. The molecular weight excluding hydrogens is 716 g/mol. The van der Waals surface area contributed by atoms with E-state index in [1.807, 2.05) is 36.4 Å². The molecule has 14 heteroatoms. The summed E-state index contributed by atoms with van der Waals surface area (Å²) in [5.74, 6) is -1.45. The van der Waals surface area contributed by atoms with E-state index < -0.39 is 48.2 Å². The van der Waals surface area contributed by atoms with Crippen LogP contribution in [0.4, 0.5) is 21.0 Å². The monoisotopic (exact) mass is 760 g/mol. The molecule has 4 unspecified atom stereocenters. The highest BCUT2D eigenvalue weighted by molar-refractivity contribution is 6.00. The Kier molecular flexibility index (Phi) is 12.6. The van der Waals surface area contributed by atoms with Crippen molar-refractivity contribution in [2.75, 3.05) is 37.9 Å². The molecule has 0 aliphatic carbocycles. The van der Waals surface area contributed by atoms with Crippen molar-refractivity contribution in [3.8, 4) is 11.1 Å². The van der Waals surface area contributed by atoms with E-state index in [1.54, 1.807) is 72.8 Å². The van der Waals surface area contributed by atoms with Gasteiger partial charge in [-0.1, -0.05) is 84.9 Å². The lowest BCUT2D eigenvalue weighted by Gasteiger charge is -2.28. The van der Waals surface area contributed by atoms with E-state index in [1.165, 1.54) is 24.0 Å². The van der Waals surface area contributed by atoms with Crippen LogP contribution in [0, 0.1) is 0 Å². The Labute approximate surface area is 324 Å². The zero-order valence-electron chi connectivity index (χ0n) is 31.1. The second kappa shape index (κ2) is 18.1. The third kappa shape index (κ3) is 9.14. The molecule has 0 aromatic heterocycles. The maximum absolute atomic E-state index is 13.7. The number of rotatable bonds is 11. The van der Waals surface area contributed by atoms with Crippen LogP contribution in [0.15, 0.2) is 109 Å². The molecule has 6 rings (SSSR count). The molecule has 0 saturated carbocycles. The van der Waals surface area contributed by atoms with E-state index in [4.69, 9.17) is 9.47 Å². The van der Waals surface area contributed by atoms with Gasteiger partial charge in [-0.15, -0.1) is 0 Å². The average molecular weight is 761 g/mol. The fourth-order valence-electron chi connectivity index (χ4n) is 7.10. The van der Waals surface area contributed by atoms with Crippen molar-refractivity contribution in [2.24, 2.45) is 0 Å². The molecule has 4 N–H and O–H groups in total. The van der Waals surface area contributed by atoms with Gasteiger partial charge in [0.25, 0.3) is 11.8 Å². The number of anilines is 2. The Balaban J connectivity index is 1.06. The van der Waals surface area contributed by atoms with Crippen LogP contribution in [0.25, 0.3) is 11.1 Å². The Bertz CT molecular complexity index is 1880. The van der Waals surface area contributed by atoms with E-state index in [2.05, 4.69) is 21.3 Å². The molecule has 2 saturated heterocycles. The minimum atomic E-state index is -1.01. The highest BCUT2D eigenvalue weighted by atomic mass is 16.5. The number of alkyl carbamates (subject to hydrolysis) is 2. The number of hydrogen-bond acceptors (Lipinski definition) is 8. The van der Waals surface area contributed by atoms with Crippen LogP contribution in [-0.4, -0.2) is 85.0 Å². The molecule has 56 heavy (non-hydrogen) atoms. The molecule has 0 spiro atoms. The summed E-state index contributed by atoms with van der Waals surface area (Å²) >= 11 is 0. The van der Waals surface area contributed by atoms with E-state index in [0.29, 0.717) is 61.3 Å². The number of nitrogens with one attached hydrogen (secondary N) is 4. The summed E-state index contributed by atoms with van der Waals surface area (Å²) in [6.07, 6.45) is 0.739. The van der Waals surface area contributed by atoms with Gasteiger partial charge in [0.15, 0.2) is 0 Å². The van der Waals surface area contributed by atoms with Crippen molar-refractivity contribution in [3.05, 3.63) is 120 Å². The van der Waals surface area contributed by atoms with E-state index >= 15 is 0 Å². The average Bonchev–Trinajstić information content (AvgIpc) is 3.94. The van der Waals surface area contributed by atoms with Crippen molar-refractivity contribution in [1.29, 1.82) is 0 Å². The van der Waals surface area contributed by atoms with E-state index in [-0.39, 0.29) is 11.8 Å².